The lowest BCUT2D eigenvalue weighted by Gasteiger charge is -2.05. The third-order valence-corrected chi connectivity index (χ3v) is 4.10. The van der Waals surface area contributed by atoms with Crippen LogP contribution in [0.25, 0.3) is 0 Å². The van der Waals surface area contributed by atoms with Crippen molar-refractivity contribution in [1.29, 1.82) is 0 Å². The molecule has 25 heavy (non-hydrogen) atoms. The third kappa shape index (κ3) is 4.61. The number of anilines is 1. The summed E-state index contributed by atoms with van der Waals surface area (Å²) in [6.45, 7) is 0.550. The molecular formula is C19H18ClN3O2. The van der Waals surface area contributed by atoms with E-state index in [1.807, 2.05) is 48.5 Å². The second kappa shape index (κ2) is 7.85. The molecule has 1 heterocycles. The fourth-order valence-corrected chi connectivity index (χ4v) is 2.65. The Bertz CT molecular complexity index is 859. The molecule has 1 aromatic heterocycles. The lowest BCUT2D eigenvalue weighted by molar-refractivity contribution is -0.115. The second-order valence-corrected chi connectivity index (χ2v) is 6.00. The highest BCUT2D eigenvalue weighted by molar-refractivity contribution is 6.31. The maximum Gasteiger partial charge on any atom is 0.228 e. The van der Waals surface area contributed by atoms with Gasteiger partial charge in [-0.25, -0.2) is 0 Å². The second-order valence-electron chi connectivity index (χ2n) is 5.59. The van der Waals surface area contributed by atoms with E-state index in [2.05, 4.69) is 10.4 Å². The van der Waals surface area contributed by atoms with Crippen molar-refractivity contribution in [3.8, 4) is 5.75 Å². The van der Waals surface area contributed by atoms with Crippen LogP contribution >= 0.6 is 11.6 Å². The number of ether oxygens (including phenoxy) is 1. The van der Waals surface area contributed by atoms with Crippen molar-refractivity contribution < 1.29 is 9.53 Å². The first-order valence-corrected chi connectivity index (χ1v) is 8.20. The SMILES string of the molecule is COc1ccc(CC(=O)Nc2cnn(Cc3ccccc3Cl)c2)cc1. The molecule has 1 amide bonds. The van der Waals surface area contributed by atoms with Gasteiger partial charge < -0.3 is 10.1 Å². The number of carbonyl (C=O) groups excluding carboxylic acids is 1. The third-order valence-electron chi connectivity index (χ3n) is 3.73. The highest BCUT2D eigenvalue weighted by atomic mass is 35.5. The predicted molar refractivity (Wildman–Crippen MR) is 98.1 cm³/mol. The van der Waals surface area contributed by atoms with Gasteiger partial charge in [-0.1, -0.05) is 41.9 Å². The molecule has 0 saturated heterocycles. The average molecular weight is 356 g/mol. The number of methoxy groups -OCH3 is 1. The number of benzene rings is 2. The van der Waals surface area contributed by atoms with Crippen molar-refractivity contribution >= 4 is 23.2 Å². The highest BCUT2D eigenvalue weighted by Crippen LogP contribution is 2.17. The van der Waals surface area contributed by atoms with Gasteiger partial charge in [0.05, 0.1) is 32.0 Å². The first kappa shape index (κ1) is 17.0. The molecular weight excluding hydrogens is 338 g/mol. The number of aromatic nitrogens is 2. The molecule has 1 N–H and O–H groups in total. The zero-order chi connectivity index (χ0) is 17.6. The molecule has 3 aromatic rings. The molecule has 0 atom stereocenters. The van der Waals surface area contributed by atoms with Gasteiger partial charge in [0.15, 0.2) is 0 Å². The standard InChI is InChI=1S/C19H18ClN3O2/c1-25-17-8-6-14(7-9-17)10-19(24)22-16-11-21-23(13-16)12-15-4-2-3-5-18(15)20/h2-9,11,13H,10,12H2,1H3,(H,22,24). The zero-order valence-corrected chi connectivity index (χ0v) is 14.5. The lowest BCUT2D eigenvalue weighted by atomic mass is 10.1. The molecule has 0 aliphatic carbocycles. The van der Waals surface area contributed by atoms with Crippen molar-refractivity contribution in [2.45, 2.75) is 13.0 Å². The summed E-state index contributed by atoms with van der Waals surface area (Å²) in [6, 6.07) is 15.0. The fourth-order valence-electron chi connectivity index (χ4n) is 2.45. The Balaban J connectivity index is 1.58. The fraction of sp³-hybridized carbons (Fsp3) is 0.158. The van der Waals surface area contributed by atoms with E-state index in [9.17, 15) is 4.79 Å². The molecule has 2 aromatic carbocycles. The van der Waals surface area contributed by atoms with E-state index in [0.717, 1.165) is 16.9 Å². The van der Waals surface area contributed by atoms with E-state index in [-0.39, 0.29) is 5.91 Å². The Morgan fingerprint density at radius 2 is 1.96 bits per heavy atom. The quantitative estimate of drug-likeness (QED) is 0.732. The molecule has 0 spiro atoms. The van der Waals surface area contributed by atoms with Gasteiger partial charge in [-0.05, 0) is 29.3 Å². The first-order chi connectivity index (χ1) is 12.1. The molecule has 0 radical (unpaired) electrons. The van der Waals surface area contributed by atoms with Crippen LogP contribution in [0.15, 0.2) is 60.9 Å². The van der Waals surface area contributed by atoms with Crippen LogP contribution in [0.2, 0.25) is 5.02 Å². The number of nitrogens with one attached hydrogen (secondary N) is 1. The number of amides is 1. The van der Waals surface area contributed by atoms with Gasteiger partial charge in [-0.15, -0.1) is 0 Å². The van der Waals surface area contributed by atoms with Crippen LogP contribution in [0.1, 0.15) is 11.1 Å². The molecule has 5 nitrogen and oxygen atoms in total. The summed E-state index contributed by atoms with van der Waals surface area (Å²) in [6.07, 6.45) is 3.71. The van der Waals surface area contributed by atoms with E-state index >= 15 is 0 Å². The van der Waals surface area contributed by atoms with Crippen LogP contribution in [0.4, 0.5) is 5.69 Å². The molecule has 0 bridgehead atoms. The van der Waals surface area contributed by atoms with Crippen LogP contribution in [-0.4, -0.2) is 22.8 Å². The number of halogens is 1. The van der Waals surface area contributed by atoms with Gasteiger partial charge in [0, 0.05) is 11.2 Å². The molecule has 0 unspecified atom stereocenters. The maximum atomic E-state index is 12.2. The van der Waals surface area contributed by atoms with E-state index in [1.165, 1.54) is 0 Å². The van der Waals surface area contributed by atoms with E-state index < -0.39 is 0 Å². The Kier molecular flexibility index (Phi) is 5.36. The van der Waals surface area contributed by atoms with Crippen molar-refractivity contribution in [1.82, 2.24) is 9.78 Å². The molecule has 0 saturated carbocycles. The molecule has 3 rings (SSSR count). The van der Waals surface area contributed by atoms with Gasteiger partial charge in [0.25, 0.3) is 0 Å². The van der Waals surface area contributed by atoms with Crippen molar-refractivity contribution in [2.75, 3.05) is 12.4 Å². The number of rotatable bonds is 6. The summed E-state index contributed by atoms with van der Waals surface area (Å²) in [5.74, 6) is 0.674. The van der Waals surface area contributed by atoms with Crippen LogP contribution in [-0.2, 0) is 17.8 Å². The van der Waals surface area contributed by atoms with E-state index in [1.54, 1.807) is 24.2 Å². The number of carbonyl (C=O) groups is 1. The van der Waals surface area contributed by atoms with Crippen LogP contribution in [0, 0.1) is 0 Å². The lowest BCUT2D eigenvalue weighted by Crippen LogP contribution is -2.14. The summed E-state index contributed by atoms with van der Waals surface area (Å²) in [5.41, 5.74) is 2.55. The Labute approximate surface area is 151 Å². The summed E-state index contributed by atoms with van der Waals surface area (Å²) in [4.78, 5) is 12.2. The van der Waals surface area contributed by atoms with Gasteiger partial charge in [-0.3, -0.25) is 9.48 Å². The minimum atomic E-state index is -0.0949. The Hall–Kier alpha value is -2.79. The smallest absolute Gasteiger partial charge is 0.228 e. The van der Waals surface area contributed by atoms with Crippen molar-refractivity contribution in [3.63, 3.8) is 0 Å². The summed E-state index contributed by atoms with van der Waals surface area (Å²) < 4.78 is 6.85. The Morgan fingerprint density at radius 3 is 2.68 bits per heavy atom. The van der Waals surface area contributed by atoms with Gasteiger partial charge in [-0.2, -0.15) is 5.10 Å². The number of hydrogen-bond acceptors (Lipinski definition) is 3. The number of hydrogen-bond donors (Lipinski definition) is 1. The molecule has 0 aliphatic heterocycles. The average Bonchev–Trinajstić information content (AvgIpc) is 3.04. The van der Waals surface area contributed by atoms with Gasteiger partial charge in [0.2, 0.25) is 5.91 Å². The summed E-state index contributed by atoms with van der Waals surface area (Å²) >= 11 is 6.16. The molecule has 0 aliphatic rings. The highest BCUT2D eigenvalue weighted by Gasteiger charge is 2.07. The van der Waals surface area contributed by atoms with Gasteiger partial charge >= 0.3 is 0 Å². The van der Waals surface area contributed by atoms with E-state index in [4.69, 9.17) is 16.3 Å². The largest absolute Gasteiger partial charge is 0.497 e. The van der Waals surface area contributed by atoms with Crippen LogP contribution in [0.5, 0.6) is 5.75 Å². The summed E-state index contributed by atoms with van der Waals surface area (Å²) in [7, 11) is 1.61. The van der Waals surface area contributed by atoms with Crippen molar-refractivity contribution in [3.05, 3.63) is 77.1 Å². The molecule has 6 heteroatoms. The van der Waals surface area contributed by atoms with Crippen LogP contribution in [0.3, 0.4) is 0 Å². The molecule has 128 valence electrons. The minimum Gasteiger partial charge on any atom is -0.497 e. The topological polar surface area (TPSA) is 56.1 Å². The molecule has 0 fully saturated rings. The monoisotopic (exact) mass is 355 g/mol. The predicted octanol–water partition coefficient (Wildman–Crippen LogP) is 3.77. The number of nitrogens with zero attached hydrogens (tertiary/aromatic N) is 2. The van der Waals surface area contributed by atoms with E-state index in [0.29, 0.717) is 23.7 Å². The normalized spacial score (nSPS) is 10.5. The zero-order valence-electron chi connectivity index (χ0n) is 13.8. The van der Waals surface area contributed by atoms with Crippen LogP contribution < -0.4 is 10.1 Å². The minimum absolute atomic E-state index is 0.0949. The van der Waals surface area contributed by atoms with Gasteiger partial charge in [0.1, 0.15) is 5.75 Å². The Morgan fingerprint density at radius 1 is 1.20 bits per heavy atom. The summed E-state index contributed by atoms with van der Waals surface area (Å²) in [5, 5.41) is 7.81. The maximum absolute atomic E-state index is 12.2. The van der Waals surface area contributed by atoms with Crippen molar-refractivity contribution in [2.24, 2.45) is 0 Å². The first-order valence-electron chi connectivity index (χ1n) is 7.82.